The van der Waals surface area contributed by atoms with Gasteiger partial charge < -0.3 is 15.0 Å². The largest absolute Gasteiger partial charge is 0.378 e. The molecule has 2 aromatic carbocycles. The van der Waals surface area contributed by atoms with Crippen LogP contribution in [0, 0.1) is 13.8 Å². The summed E-state index contributed by atoms with van der Waals surface area (Å²) in [5.41, 5.74) is 3.21. The fourth-order valence-electron chi connectivity index (χ4n) is 3.38. The van der Waals surface area contributed by atoms with Crippen molar-refractivity contribution < 1.29 is 13.2 Å². The second-order valence-corrected chi connectivity index (χ2v) is 9.39. The van der Waals surface area contributed by atoms with Crippen molar-refractivity contribution >= 4 is 39.1 Å². The van der Waals surface area contributed by atoms with E-state index in [4.69, 9.17) is 4.74 Å². The predicted molar refractivity (Wildman–Crippen MR) is 132 cm³/mol. The van der Waals surface area contributed by atoms with E-state index >= 15 is 0 Å². The Morgan fingerprint density at radius 2 is 1.61 bits per heavy atom. The number of benzene rings is 2. The van der Waals surface area contributed by atoms with Crippen LogP contribution in [-0.4, -0.2) is 44.7 Å². The molecule has 1 aliphatic heterocycles. The van der Waals surface area contributed by atoms with Gasteiger partial charge in [0.05, 0.1) is 18.6 Å². The highest BCUT2D eigenvalue weighted by Crippen LogP contribution is 2.22. The number of anilines is 4. The van der Waals surface area contributed by atoms with Crippen LogP contribution in [0.3, 0.4) is 0 Å². The van der Waals surface area contributed by atoms with Crippen LogP contribution in [0.15, 0.2) is 60.0 Å². The van der Waals surface area contributed by atoms with Gasteiger partial charge in [-0.2, -0.15) is 0 Å². The number of nitrogens with zero attached hydrogens (tertiary/aromatic N) is 3. The molecule has 2 heterocycles. The monoisotopic (exact) mass is 465 g/mol. The highest BCUT2D eigenvalue weighted by molar-refractivity contribution is 7.95. The number of aryl methyl sites for hydroxylation is 2. The number of hydrogen-bond acceptors (Lipinski definition) is 7. The normalized spacial score (nSPS) is 14.4. The summed E-state index contributed by atoms with van der Waals surface area (Å²) in [4.78, 5) is 11.2. The van der Waals surface area contributed by atoms with Crippen LogP contribution in [0.2, 0.25) is 0 Å². The second kappa shape index (κ2) is 10.0. The number of rotatable bonds is 7. The molecule has 33 heavy (non-hydrogen) atoms. The highest BCUT2D eigenvalue weighted by Gasteiger charge is 2.14. The van der Waals surface area contributed by atoms with Crippen LogP contribution >= 0.6 is 0 Å². The van der Waals surface area contributed by atoms with Gasteiger partial charge in [-0.15, -0.1) is 0 Å². The van der Waals surface area contributed by atoms with Crippen molar-refractivity contribution in [3.8, 4) is 0 Å². The lowest BCUT2D eigenvalue weighted by Crippen LogP contribution is -2.36. The summed E-state index contributed by atoms with van der Waals surface area (Å²) < 4.78 is 32.8. The SMILES string of the molecule is Cc1ccc(/C=C/S(=O)(=O)Nc2ccc(Nc3cc(N4CCOCC4)nc(C)n3)cc2)cc1. The molecule has 0 radical (unpaired) electrons. The molecule has 4 rings (SSSR count). The average molecular weight is 466 g/mol. The summed E-state index contributed by atoms with van der Waals surface area (Å²) in [6.45, 7) is 6.80. The molecule has 172 valence electrons. The van der Waals surface area contributed by atoms with Crippen molar-refractivity contribution in [3.05, 3.63) is 77.0 Å². The first-order valence-electron chi connectivity index (χ1n) is 10.7. The quantitative estimate of drug-likeness (QED) is 0.543. The van der Waals surface area contributed by atoms with Crippen molar-refractivity contribution in [3.63, 3.8) is 0 Å². The zero-order valence-corrected chi connectivity index (χ0v) is 19.5. The molecular formula is C24H27N5O3S. The van der Waals surface area contributed by atoms with E-state index in [1.807, 2.05) is 44.2 Å². The molecule has 0 atom stereocenters. The summed E-state index contributed by atoms with van der Waals surface area (Å²) in [6.07, 6.45) is 1.57. The lowest BCUT2D eigenvalue weighted by Gasteiger charge is -2.28. The third-order valence-electron chi connectivity index (χ3n) is 5.09. The fraction of sp³-hybridized carbons (Fsp3) is 0.250. The zero-order chi connectivity index (χ0) is 23.3. The standard InChI is InChI=1S/C24H27N5O3S/c1-18-3-5-20(6-4-18)11-16-33(30,31)28-22-9-7-21(8-10-22)27-23-17-24(26-19(2)25-23)29-12-14-32-15-13-29/h3-11,16-17,28H,12-15H2,1-2H3,(H,25,26,27)/b16-11+. The average Bonchev–Trinajstić information content (AvgIpc) is 2.80. The van der Waals surface area contributed by atoms with Gasteiger partial charge in [-0.3, -0.25) is 4.72 Å². The van der Waals surface area contributed by atoms with E-state index in [1.54, 1.807) is 30.3 Å². The molecule has 2 N–H and O–H groups in total. The smallest absolute Gasteiger partial charge is 0.255 e. The summed E-state index contributed by atoms with van der Waals surface area (Å²) >= 11 is 0. The summed E-state index contributed by atoms with van der Waals surface area (Å²) in [7, 11) is -3.63. The molecule has 3 aromatic rings. The summed E-state index contributed by atoms with van der Waals surface area (Å²) in [5, 5.41) is 4.43. The first kappa shape index (κ1) is 22.8. The van der Waals surface area contributed by atoms with E-state index in [1.165, 1.54) is 5.41 Å². The van der Waals surface area contributed by atoms with Gasteiger partial charge in [0.1, 0.15) is 17.5 Å². The van der Waals surface area contributed by atoms with E-state index in [9.17, 15) is 8.42 Å². The van der Waals surface area contributed by atoms with Gasteiger partial charge in [-0.05, 0) is 49.8 Å². The third kappa shape index (κ3) is 6.53. The first-order valence-corrected chi connectivity index (χ1v) is 12.2. The Hall–Kier alpha value is -3.43. The van der Waals surface area contributed by atoms with Crippen molar-refractivity contribution in [1.82, 2.24) is 9.97 Å². The molecular weight excluding hydrogens is 438 g/mol. The highest BCUT2D eigenvalue weighted by atomic mass is 32.2. The number of ether oxygens (including phenoxy) is 1. The molecule has 1 fully saturated rings. The number of hydrogen-bond donors (Lipinski definition) is 2. The maximum Gasteiger partial charge on any atom is 0.255 e. The summed E-state index contributed by atoms with van der Waals surface area (Å²) in [5.74, 6) is 2.21. The minimum Gasteiger partial charge on any atom is -0.378 e. The van der Waals surface area contributed by atoms with Crippen molar-refractivity contribution in [2.75, 3.05) is 41.2 Å². The van der Waals surface area contributed by atoms with Crippen LogP contribution in [0.5, 0.6) is 0 Å². The zero-order valence-electron chi connectivity index (χ0n) is 18.7. The minimum absolute atomic E-state index is 0.474. The lowest BCUT2D eigenvalue weighted by atomic mass is 10.2. The van der Waals surface area contributed by atoms with Gasteiger partial charge >= 0.3 is 0 Å². The van der Waals surface area contributed by atoms with Crippen molar-refractivity contribution in [2.45, 2.75) is 13.8 Å². The molecule has 0 unspecified atom stereocenters. The Morgan fingerprint density at radius 3 is 2.30 bits per heavy atom. The Bertz CT molecular complexity index is 1220. The molecule has 0 amide bonds. The van der Waals surface area contributed by atoms with Gasteiger partial charge in [0, 0.05) is 30.5 Å². The third-order valence-corrected chi connectivity index (χ3v) is 6.11. The molecule has 1 aliphatic rings. The molecule has 0 aliphatic carbocycles. The van der Waals surface area contributed by atoms with Gasteiger partial charge in [-0.1, -0.05) is 29.8 Å². The number of sulfonamides is 1. The molecule has 8 nitrogen and oxygen atoms in total. The minimum atomic E-state index is -3.63. The number of aromatic nitrogens is 2. The van der Waals surface area contributed by atoms with Gasteiger partial charge in [0.25, 0.3) is 10.0 Å². The first-order chi connectivity index (χ1) is 15.9. The van der Waals surface area contributed by atoms with Crippen LogP contribution in [0.1, 0.15) is 17.0 Å². The van der Waals surface area contributed by atoms with E-state index < -0.39 is 10.0 Å². The number of nitrogens with one attached hydrogen (secondary N) is 2. The van der Waals surface area contributed by atoms with Gasteiger partial charge in [0.2, 0.25) is 0 Å². The Morgan fingerprint density at radius 1 is 0.939 bits per heavy atom. The van der Waals surface area contributed by atoms with Crippen LogP contribution in [-0.2, 0) is 14.8 Å². The molecule has 0 bridgehead atoms. The molecule has 0 spiro atoms. The Labute approximate surface area is 194 Å². The Kier molecular flexibility index (Phi) is 6.90. The van der Waals surface area contributed by atoms with E-state index in [0.717, 1.165) is 35.7 Å². The van der Waals surface area contributed by atoms with Crippen molar-refractivity contribution in [2.24, 2.45) is 0 Å². The topological polar surface area (TPSA) is 96.5 Å². The fourth-order valence-corrected chi connectivity index (χ4v) is 4.25. The van der Waals surface area contributed by atoms with Crippen LogP contribution < -0.4 is 14.9 Å². The Balaban J connectivity index is 1.41. The van der Waals surface area contributed by atoms with E-state index in [0.29, 0.717) is 30.5 Å². The second-order valence-electron chi connectivity index (χ2n) is 7.82. The molecule has 0 saturated carbocycles. The van der Waals surface area contributed by atoms with Gasteiger partial charge in [-0.25, -0.2) is 18.4 Å². The van der Waals surface area contributed by atoms with E-state index in [2.05, 4.69) is 24.9 Å². The van der Waals surface area contributed by atoms with E-state index in [-0.39, 0.29) is 0 Å². The summed E-state index contributed by atoms with van der Waals surface area (Å²) in [6, 6.07) is 16.5. The van der Waals surface area contributed by atoms with Crippen LogP contribution in [0.4, 0.5) is 23.0 Å². The van der Waals surface area contributed by atoms with Gasteiger partial charge in [0.15, 0.2) is 0 Å². The maximum atomic E-state index is 12.4. The van der Waals surface area contributed by atoms with Crippen molar-refractivity contribution in [1.29, 1.82) is 0 Å². The molecule has 9 heteroatoms. The van der Waals surface area contributed by atoms with Crippen LogP contribution in [0.25, 0.3) is 6.08 Å². The maximum absolute atomic E-state index is 12.4. The lowest BCUT2D eigenvalue weighted by molar-refractivity contribution is 0.122. The molecule has 1 saturated heterocycles. The predicted octanol–water partition coefficient (Wildman–Crippen LogP) is 4.09. The number of morpholine rings is 1. The molecule has 1 aromatic heterocycles.